The second kappa shape index (κ2) is 6.54. The van der Waals surface area contributed by atoms with Crippen LogP contribution in [0, 0.1) is 0 Å². The van der Waals surface area contributed by atoms with Crippen LogP contribution in [-0.2, 0) is 6.42 Å². The molecule has 0 saturated carbocycles. The number of hydrogen-bond acceptors (Lipinski definition) is 2. The fourth-order valence-corrected chi connectivity index (χ4v) is 2.34. The Morgan fingerprint density at radius 3 is 2.57 bits per heavy atom. The zero-order valence-electron chi connectivity index (χ0n) is 11.4. The van der Waals surface area contributed by atoms with Crippen molar-refractivity contribution in [2.45, 2.75) is 13.3 Å². The lowest BCUT2D eigenvalue weighted by Gasteiger charge is -2.11. The van der Waals surface area contributed by atoms with Gasteiger partial charge in [-0.3, -0.25) is 4.79 Å². The minimum absolute atomic E-state index is 0.122. The average molecular weight is 348 g/mol. The van der Waals surface area contributed by atoms with E-state index in [0.29, 0.717) is 15.7 Å². The molecular formula is C16H14BrNO3. The van der Waals surface area contributed by atoms with Crippen LogP contribution in [0.5, 0.6) is 0 Å². The number of amides is 1. The number of aryl methyl sites for hydroxylation is 1. The Hall–Kier alpha value is -2.14. The van der Waals surface area contributed by atoms with Gasteiger partial charge in [-0.2, -0.15) is 0 Å². The molecule has 0 saturated heterocycles. The average Bonchev–Trinajstić information content (AvgIpc) is 2.49. The highest BCUT2D eigenvalue weighted by Crippen LogP contribution is 2.24. The highest BCUT2D eigenvalue weighted by molar-refractivity contribution is 9.10. The molecule has 0 atom stereocenters. The Bertz CT molecular complexity index is 698. The van der Waals surface area contributed by atoms with E-state index in [1.807, 2.05) is 19.1 Å². The summed E-state index contributed by atoms with van der Waals surface area (Å²) in [6, 6.07) is 11.8. The van der Waals surface area contributed by atoms with Crippen molar-refractivity contribution in [1.29, 1.82) is 0 Å². The van der Waals surface area contributed by atoms with Gasteiger partial charge in [-0.1, -0.05) is 25.1 Å². The maximum Gasteiger partial charge on any atom is 0.335 e. The first kappa shape index (κ1) is 15.3. The molecule has 0 aliphatic heterocycles. The topological polar surface area (TPSA) is 66.4 Å². The minimum atomic E-state index is -1.04. The number of hydrogen-bond donors (Lipinski definition) is 2. The van der Waals surface area contributed by atoms with Crippen molar-refractivity contribution >= 4 is 33.5 Å². The zero-order chi connectivity index (χ0) is 15.4. The normalized spacial score (nSPS) is 10.2. The molecule has 0 unspecified atom stereocenters. The maximum absolute atomic E-state index is 12.3. The summed E-state index contributed by atoms with van der Waals surface area (Å²) in [4.78, 5) is 23.3. The third kappa shape index (κ3) is 3.49. The predicted molar refractivity (Wildman–Crippen MR) is 84.9 cm³/mol. The van der Waals surface area contributed by atoms with E-state index in [1.54, 1.807) is 18.2 Å². The molecule has 5 heteroatoms. The summed E-state index contributed by atoms with van der Waals surface area (Å²) in [7, 11) is 0. The van der Waals surface area contributed by atoms with Crippen LogP contribution in [0.15, 0.2) is 46.9 Å². The number of carboxylic acids is 1. The van der Waals surface area contributed by atoms with Crippen LogP contribution in [0.1, 0.15) is 33.2 Å². The van der Waals surface area contributed by atoms with E-state index in [2.05, 4.69) is 21.2 Å². The summed E-state index contributed by atoms with van der Waals surface area (Å²) in [5, 5.41) is 11.8. The van der Waals surface area contributed by atoms with Crippen molar-refractivity contribution in [3.05, 3.63) is 63.6 Å². The van der Waals surface area contributed by atoms with Gasteiger partial charge in [0.15, 0.2) is 0 Å². The molecule has 2 aromatic rings. The van der Waals surface area contributed by atoms with Crippen molar-refractivity contribution in [2.75, 3.05) is 5.32 Å². The molecule has 1 amide bonds. The lowest BCUT2D eigenvalue weighted by Crippen LogP contribution is -2.15. The van der Waals surface area contributed by atoms with Crippen LogP contribution in [0.2, 0.25) is 0 Å². The van der Waals surface area contributed by atoms with Crippen molar-refractivity contribution in [1.82, 2.24) is 0 Å². The summed E-state index contributed by atoms with van der Waals surface area (Å²) in [6.45, 7) is 1.98. The highest BCUT2D eigenvalue weighted by Gasteiger charge is 2.13. The van der Waals surface area contributed by atoms with E-state index in [0.717, 1.165) is 12.0 Å². The Kier molecular flexibility index (Phi) is 4.75. The van der Waals surface area contributed by atoms with Crippen LogP contribution < -0.4 is 5.32 Å². The number of anilines is 1. The van der Waals surface area contributed by atoms with Crippen molar-refractivity contribution in [3.63, 3.8) is 0 Å². The fraction of sp³-hybridized carbons (Fsp3) is 0.125. The van der Waals surface area contributed by atoms with E-state index in [9.17, 15) is 9.59 Å². The first-order chi connectivity index (χ1) is 10.0. The fourth-order valence-electron chi connectivity index (χ4n) is 1.99. The number of carboxylic acid groups (broad SMARTS) is 1. The maximum atomic E-state index is 12.3. The molecule has 2 aromatic carbocycles. The summed E-state index contributed by atoms with van der Waals surface area (Å²) in [6.07, 6.45) is 0.750. The van der Waals surface area contributed by atoms with Gasteiger partial charge in [0, 0.05) is 10.0 Å². The van der Waals surface area contributed by atoms with Gasteiger partial charge < -0.3 is 10.4 Å². The molecule has 0 spiro atoms. The molecule has 4 nitrogen and oxygen atoms in total. The van der Waals surface area contributed by atoms with Gasteiger partial charge in [0.25, 0.3) is 5.91 Å². The first-order valence-corrected chi connectivity index (χ1v) is 7.24. The van der Waals surface area contributed by atoms with Gasteiger partial charge >= 0.3 is 5.97 Å². The van der Waals surface area contributed by atoms with Gasteiger partial charge in [0.1, 0.15) is 0 Å². The second-order valence-electron chi connectivity index (χ2n) is 4.46. The molecule has 0 bridgehead atoms. The monoisotopic (exact) mass is 347 g/mol. The largest absolute Gasteiger partial charge is 0.478 e. The standard InChI is InChI=1S/C16H14BrNO3/c1-2-10-5-3-4-6-12(10)15(19)18-14-9-11(16(20)21)7-8-13(14)17/h3-9H,2H2,1H3,(H,18,19)(H,20,21). The number of halogens is 1. The predicted octanol–water partition coefficient (Wildman–Crippen LogP) is 3.96. The number of benzene rings is 2. The molecule has 0 aliphatic carbocycles. The van der Waals surface area contributed by atoms with Gasteiger partial charge in [0.05, 0.1) is 11.3 Å². The number of rotatable bonds is 4. The van der Waals surface area contributed by atoms with Crippen LogP contribution >= 0.6 is 15.9 Å². The molecule has 0 aliphatic rings. The second-order valence-corrected chi connectivity index (χ2v) is 5.32. The number of nitrogens with one attached hydrogen (secondary N) is 1. The highest BCUT2D eigenvalue weighted by atomic mass is 79.9. The molecule has 108 valence electrons. The van der Waals surface area contributed by atoms with Crippen LogP contribution in [0.4, 0.5) is 5.69 Å². The van der Waals surface area contributed by atoms with Gasteiger partial charge in [-0.25, -0.2) is 4.79 Å². The van der Waals surface area contributed by atoms with Gasteiger partial charge in [-0.05, 0) is 52.2 Å². The zero-order valence-corrected chi connectivity index (χ0v) is 13.0. The van der Waals surface area contributed by atoms with E-state index >= 15 is 0 Å². The molecule has 0 aromatic heterocycles. The van der Waals surface area contributed by atoms with Crippen molar-refractivity contribution in [2.24, 2.45) is 0 Å². The summed E-state index contributed by atoms with van der Waals surface area (Å²) >= 11 is 3.31. The molecule has 2 rings (SSSR count). The van der Waals surface area contributed by atoms with Crippen molar-refractivity contribution in [3.8, 4) is 0 Å². The minimum Gasteiger partial charge on any atom is -0.478 e. The Morgan fingerprint density at radius 2 is 1.90 bits per heavy atom. The number of aromatic carboxylic acids is 1. The molecular weight excluding hydrogens is 334 g/mol. The van der Waals surface area contributed by atoms with Gasteiger partial charge in [0.2, 0.25) is 0 Å². The molecule has 0 heterocycles. The lowest BCUT2D eigenvalue weighted by atomic mass is 10.0. The molecule has 0 fully saturated rings. The van der Waals surface area contributed by atoms with E-state index in [1.165, 1.54) is 12.1 Å². The summed E-state index contributed by atoms with van der Waals surface area (Å²) < 4.78 is 0.634. The van der Waals surface area contributed by atoms with Crippen molar-refractivity contribution < 1.29 is 14.7 Å². The van der Waals surface area contributed by atoms with Crippen LogP contribution in [0.25, 0.3) is 0 Å². The SMILES string of the molecule is CCc1ccccc1C(=O)Nc1cc(C(=O)O)ccc1Br. The summed E-state index contributed by atoms with van der Waals surface area (Å²) in [5.41, 5.74) is 2.09. The van der Waals surface area contributed by atoms with Crippen LogP contribution in [-0.4, -0.2) is 17.0 Å². The third-order valence-corrected chi connectivity index (χ3v) is 3.80. The Balaban J connectivity index is 2.31. The third-order valence-electron chi connectivity index (χ3n) is 3.10. The summed E-state index contributed by atoms with van der Waals surface area (Å²) in [5.74, 6) is -1.29. The van der Waals surface area contributed by atoms with Crippen LogP contribution in [0.3, 0.4) is 0 Å². The van der Waals surface area contributed by atoms with E-state index < -0.39 is 5.97 Å². The van der Waals surface area contributed by atoms with Gasteiger partial charge in [-0.15, -0.1) is 0 Å². The van der Waals surface area contributed by atoms with E-state index in [-0.39, 0.29) is 11.5 Å². The number of carbonyl (C=O) groups is 2. The van der Waals surface area contributed by atoms with E-state index in [4.69, 9.17) is 5.11 Å². The number of carbonyl (C=O) groups excluding carboxylic acids is 1. The lowest BCUT2D eigenvalue weighted by molar-refractivity contribution is 0.0696. The Labute approximate surface area is 130 Å². The molecule has 2 N–H and O–H groups in total. The Morgan fingerprint density at radius 1 is 1.19 bits per heavy atom. The first-order valence-electron chi connectivity index (χ1n) is 6.45. The molecule has 0 radical (unpaired) electrons. The quantitative estimate of drug-likeness (QED) is 0.879. The molecule has 21 heavy (non-hydrogen) atoms. The smallest absolute Gasteiger partial charge is 0.335 e.